The summed E-state index contributed by atoms with van der Waals surface area (Å²) < 4.78 is 13.4. The summed E-state index contributed by atoms with van der Waals surface area (Å²) in [4.78, 5) is 0. The van der Waals surface area contributed by atoms with Gasteiger partial charge in [-0.2, -0.15) is 0 Å². The second-order valence-corrected chi connectivity index (χ2v) is 8.54. The summed E-state index contributed by atoms with van der Waals surface area (Å²) in [6.07, 6.45) is 0. The second-order valence-electron chi connectivity index (χ2n) is 7.62. The third-order valence-corrected chi connectivity index (χ3v) is 6.32. The fraction of sp³-hybridized carbons (Fsp3) is 0.0370. The Balaban J connectivity index is 1.71. The molecule has 1 aromatic heterocycles. The molecule has 0 aliphatic carbocycles. The zero-order valence-electron chi connectivity index (χ0n) is 16.4. The van der Waals surface area contributed by atoms with Crippen LogP contribution < -0.4 is 4.74 Å². The molecular formula is C27H17BrO3. The second kappa shape index (κ2) is 6.84. The van der Waals surface area contributed by atoms with Crippen LogP contribution in [0, 0.1) is 0 Å². The summed E-state index contributed by atoms with van der Waals surface area (Å²) in [6, 6.07) is 31.3. The highest BCUT2D eigenvalue weighted by Gasteiger charge is 2.47. The summed E-state index contributed by atoms with van der Waals surface area (Å²) >= 11 is 3.51. The van der Waals surface area contributed by atoms with Gasteiger partial charge in [0.05, 0.1) is 5.39 Å². The highest BCUT2D eigenvalue weighted by molar-refractivity contribution is 9.10. The number of fused-ring (bicyclic) bond motifs is 4. The minimum atomic E-state index is -1.51. The highest BCUT2D eigenvalue weighted by atomic mass is 79.9. The van der Waals surface area contributed by atoms with Crippen LogP contribution in [0.15, 0.2) is 106 Å². The van der Waals surface area contributed by atoms with E-state index >= 15 is 0 Å². The predicted molar refractivity (Wildman–Crippen MR) is 124 cm³/mol. The van der Waals surface area contributed by atoms with Gasteiger partial charge in [0.25, 0.3) is 0 Å². The Morgan fingerprint density at radius 2 is 1.45 bits per heavy atom. The maximum absolute atomic E-state index is 12.5. The number of rotatable bonds is 2. The van der Waals surface area contributed by atoms with Crippen LogP contribution >= 0.6 is 15.9 Å². The first kappa shape index (κ1) is 18.4. The van der Waals surface area contributed by atoms with E-state index in [1.54, 1.807) is 0 Å². The van der Waals surface area contributed by atoms with E-state index in [9.17, 15) is 5.11 Å². The molecule has 3 nitrogen and oxygen atoms in total. The molecule has 4 heteroatoms. The molecule has 2 heterocycles. The molecule has 0 radical (unpaired) electrons. The van der Waals surface area contributed by atoms with Gasteiger partial charge in [0.2, 0.25) is 0 Å². The van der Waals surface area contributed by atoms with Gasteiger partial charge in [0.15, 0.2) is 17.1 Å². The highest BCUT2D eigenvalue weighted by Crippen LogP contribution is 2.55. The monoisotopic (exact) mass is 468 g/mol. The molecule has 31 heavy (non-hydrogen) atoms. The summed E-state index contributed by atoms with van der Waals surface area (Å²) in [7, 11) is 0. The number of halogens is 1. The summed E-state index contributed by atoms with van der Waals surface area (Å²) in [5.74, 6) is 1.56. The molecule has 0 saturated carbocycles. The van der Waals surface area contributed by atoms with Gasteiger partial charge in [-0.05, 0) is 35.4 Å². The molecule has 4 aromatic carbocycles. The van der Waals surface area contributed by atoms with Crippen LogP contribution in [0.2, 0.25) is 0 Å². The largest absolute Gasteiger partial charge is 0.453 e. The van der Waals surface area contributed by atoms with E-state index in [0.717, 1.165) is 26.5 Å². The van der Waals surface area contributed by atoms with Gasteiger partial charge in [-0.1, -0.05) is 88.7 Å². The normalized spacial score (nSPS) is 17.1. The van der Waals surface area contributed by atoms with Gasteiger partial charge in [-0.15, -0.1) is 0 Å². The molecular weight excluding hydrogens is 452 g/mol. The minimum absolute atomic E-state index is 0.391. The number of ether oxygens (including phenoxy) is 1. The minimum Gasteiger partial charge on any atom is -0.453 e. The predicted octanol–water partition coefficient (Wildman–Crippen LogP) is 7.25. The molecule has 1 N–H and O–H groups in total. The first-order valence-corrected chi connectivity index (χ1v) is 10.8. The molecule has 1 atom stereocenters. The number of benzene rings is 4. The zero-order chi connectivity index (χ0) is 21.0. The number of hydrogen-bond acceptors (Lipinski definition) is 3. The SMILES string of the molecule is OC1(c2ccccc2-c2ccccc2)c2ccccc2Oc2c1oc1cc(Br)ccc21. The van der Waals surface area contributed by atoms with Crippen molar-refractivity contribution in [1.29, 1.82) is 0 Å². The Bertz CT molecular complexity index is 1440. The molecule has 0 amide bonds. The van der Waals surface area contributed by atoms with E-state index in [0.29, 0.717) is 28.4 Å². The number of para-hydroxylation sites is 1. The van der Waals surface area contributed by atoms with Gasteiger partial charge in [-0.3, -0.25) is 0 Å². The van der Waals surface area contributed by atoms with Crippen LogP contribution in [0.3, 0.4) is 0 Å². The summed E-state index contributed by atoms with van der Waals surface area (Å²) in [5.41, 5.74) is 2.51. The quantitative estimate of drug-likeness (QED) is 0.296. The molecule has 150 valence electrons. The third kappa shape index (κ3) is 2.69. The lowest BCUT2D eigenvalue weighted by Crippen LogP contribution is -2.32. The van der Waals surface area contributed by atoms with Gasteiger partial charge < -0.3 is 14.3 Å². The fourth-order valence-corrected chi connectivity index (χ4v) is 4.75. The van der Waals surface area contributed by atoms with Crippen molar-refractivity contribution in [2.45, 2.75) is 5.60 Å². The maximum Gasteiger partial charge on any atom is 0.188 e. The van der Waals surface area contributed by atoms with Gasteiger partial charge in [-0.25, -0.2) is 0 Å². The lowest BCUT2D eigenvalue weighted by atomic mass is 9.78. The van der Waals surface area contributed by atoms with Crippen molar-refractivity contribution in [3.05, 3.63) is 118 Å². The number of hydrogen-bond donors (Lipinski definition) is 1. The van der Waals surface area contributed by atoms with Crippen LogP contribution in [0.4, 0.5) is 0 Å². The van der Waals surface area contributed by atoms with E-state index in [1.165, 1.54) is 0 Å². The Morgan fingerprint density at radius 3 is 2.29 bits per heavy atom. The van der Waals surface area contributed by atoms with Crippen LogP contribution in [0.1, 0.15) is 16.9 Å². The van der Waals surface area contributed by atoms with Crippen LogP contribution in [0.25, 0.3) is 22.1 Å². The molecule has 1 unspecified atom stereocenters. The molecule has 0 fully saturated rings. The maximum atomic E-state index is 12.5. The van der Waals surface area contributed by atoms with Crippen LogP contribution in [-0.2, 0) is 5.60 Å². The first-order chi connectivity index (χ1) is 15.2. The average molecular weight is 469 g/mol. The Hall–Kier alpha value is -3.34. The number of aliphatic hydroxyl groups is 1. The topological polar surface area (TPSA) is 42.6 Å². The Kier molecular flexibility index (Phi) is 4.07. The van der Waals surface area contributed by atoms with E-state index in [4.69, 9.17) is 9.15 Å². The van der Waals surface area contributed by atoms with Gasteiger partial charge >= 0.3 is 0 Å². The van der Waals surface area contributed by atoms with E-state index in [2.05, 4.69) is 15.9 Å². The fourth-order valence-electron chi connectivity index (χ4n) is 4.41. The lowest BCUT2D eigenvalue weighted by molar-refractivity contribution is 0.0883. The van der Waals surface area contributed by atoms with Gasteiger partial charge in [0.1, 0.15) is 11.3 Å². The zero-order valence-corrected chi connectivity index (χ0v) is 18.0. The molecule has 1 aliphatic rings. The van der Waals surface area contributed by atoms with E-state index in [-0.39, 0.29) is 0 Å². The smallest absolute Gasteiger partial charge is 0.188 e. The van der Waals surface area contributed by atoms with Gasteiger partial charge in [0, 0.05) is 15.6 Å². The molecule has 0 spiro atoms. The van der Waals surface area contributed by atoms with Crippen molar-refractivity contribution in [1.82, 2.24) is 0 Å². The number of furan rings is 1. The first-order valence-electron chi connectivity index (χ1n) is 10.0. The van der Waals surface area contributed by atoms with Crippen molar-refractivity contribution < 1.29 is 14.3 Å². The van der Waals surface area contributed by atoms with E-state index in [1.807, 2.05) is 97.1 Å². The molecule has 5 aromatic rings. The summed E-state index contributed by atoms with van der Waals surface area (Å²) in [6.45, 7) is 0. The molecule has 1 aliphatic heterocycles. The van der Waals surface area contributed by atoms with Crippen LogP contribution in [-0.4, -0.2) is 5.11 Å². The van der Waals surface area contributed by atoms with E-state index < -0.39 is 5.60 Å². The third-order valence-electron chi connectivity index (χ3n) is 5.83. The molecule has 6 rings (SSSR count). The Morgan fingerprint density at radius 1 is 0.742 bits per heavy atom. The standard InChI is InChI=1S/C27H17BrO3/c28-18-14-15-20-24(16-18)31-26-25(20)30-23-13-7-6-12-22(23)27(26,29)21-11-5-4-10-19(21)17-8-2-1-3-9-17/h1-16,29H. The molecule has 0 bridgehead atoms. The Labute approximate surface area is 187 Å². The lowest BCUT2D eigenvalue weighted by Gasteiger charge is -2.34. The summed E-state index contributed by atoms with van der Waals surface area (Å²) in [5, 5.41) is 13.3. The van der Waals surface area contributed by atoms with Crippen molar-refractivity contribution in [3.63, 3.8) is 0 Å². The van der Waals surface area contributed by atoms with Crippen molar-refractivity contribution >= 4 is 26.9 Å². The molecule has 0 saturated heterocycles. The average Bonchev–Trinajstić information content (AvgIpc) is 3.18. The van der Waals surface area contributed by atoms with Crippen LogP contribution in [0.5, 0.6) is 11.5 Å². The van der Waals surface area contributed by atoms with Crippen molar-refractivity contribution in [2.24, 2.45) is 0 Å². The van der Waals surface area contributed by atoms with Crippen molar-refractivity contribution in [2.75, 3.05) is 0 Å². The van der Waals surface area contributed by atoms with Crippen molar-refractivity contribution in [3.8, 4) is 22.6 Å².